The molecule has 34 heavy (non-hydrogen) atoms. The van der Waals surface area contributed by atoms with E-state index in [2.05, 4.69) is 25.9 Å². The van der Waals surface area contributed by atoms with Crippen molar-refractivity contribution in [1.29, 1.82) is 0 Å². The van der Waals surface area contributed by atoms with Crippen LogP contribution in [-0.2, 0) is 6.18 Å². The van der Waals surface area contributed by atoms with Gasteiger partial charge in [-0.2, -0.15) is 13.2 Å². The van der Waals surface area contributed by atoms with Gasteiger partial charge in [-0.3, -0.25) is 0 Å². The minimum Gasteiger partial charge on any atom is -0.340 e. The van der Waals surface area contributed by atoms with Crippen molar-refractivity contribution in [2.75, 3.05) is 16.0 Å². The van der Waals surface area contributed by atoms with Crippen molar-refractivity contribution in [3.8, 4) is 11.3 Å². The van der Waals surface area contributed by atoms with Crippen LogP contribution < -0.4 is 16.0 Å². The number of nitrogens with one attached hydrogen (secondary N) is 3. The molecule has 1 aromatic heterocycles. The summed E-state index contributed by atoms with van der Waals surface area (Å²) < 4.78 is 38.9. The molecule has 1 heterocycles. The van der Waals surface area contributed by atoms with Gasteiger partial charge in [-0.25, -0.2) is 9.97 Å². The van der Waals surface area contributed by atoms with Gasteiger partial charge >= 0.3 is 6.18 Å². The maximum atomic E-state index is 13.0. The lowest BCUT2D eigenvalue weighted by molar-refractivity contribution is -0.137. The molecule has 0 aliphatic rings. The van der Waals surface area contributed by atoms with Crippen molar-refractivity contribution in [2.45, 2.75) is 6.18 Å². The van der Waals surface area contributed by atoms with Crippen LogP contribution in [0, 0.1) is 0 Å². The molecule has 10 heteroatoms. The summed E-state index contributed by atoms with van der Waals surface area (Å²) in [6, 6.07) is 21.1. The average molecular weight is 500 g/mol. The second-order valence-corrected chi connectivity index (χ2v) is 8.00. The SMILES string of the molecule is FC(F)(F)c1cccc(Nc2cc(-c3ccc(NC(=S)Nc4ccc(Cl)cc4)cc3)ncn2)c1. The highest BCUT2D eigenvalue weighted by atomic mass is 35.5. The fourth-order valence-electron chi connectivity index (χ4n) is 3.06. The van der Waals surface area contributed by atoms with E-state index in [0.717, 1.165) is 29.1 Å². The van der Waals surface area contributed by atoms with E-state index in [9.17, 15) is 13.2 Å². The number of benzene rings is 3. The first kappa shape index (κ1) is 23.5. The van der Waals surface area contributed by atoms with Crippen LogP contribution in [0.5, 0.6) is 0 Å². The zero-order chi connectivity index (χ0) is 24.1. The standard InChI is InChI=1S/C24H17ClF3N5S/c25-17-6-10-19(11-7-17)33-23(34)32-18-8-4-15(5-9-18)21-13-22(30-14-29-21)31-20-3-1-2-16(12-20)24(26,27)28/h1-14H,(H,29,30,31)(H2,32,33,34). The van der Waals surface area contributed by atoms with E-state index in [1.807, 2.05) is 36.4 Å². The van der Waals surface area contributed by atoms with E-state index < -0.39 is 11.7 Å². The van der Waals surface area contributed by atoms with Crippen LogP contribution in [-0.4, -0.2) is 15.1 Å². The molecule has 3 aromatic carbocycles. The number of anilines is 4. The molecule has 0 saturated heterocycles. The molecule has 0 fully saturated rings. The average Bonchev–Trinajstić information content (AvgIpc) is 2.81. The molecule has 4 rings (SSSR count). The van der Waals surface area contributed by atoms with Crippen LogP contribution in [0.4, 0.5) is 36.1 Å². The van der Waals surface area contributed by atoms with Gasteiger partial charge in [-0.05, 0) is 66.8 Å². The highest BCUT2D eigenvalue weighted by Crippen LogP contribution is 2.31. The number of thiocarbonyl (C=S) groups is 1. The number of hydrogen-bond donors (Lipinski definition) is 3. The molecule has 0 aliphatic heterocycles. The molecule has 0 unspecified atom stereocenters. The quantitative estimate of drug-likeness (QED) is 0.249. The molecule has 0 bridgehead atoms. The summed E-state index contributed by atoms with van der Waals surface area (Å²) in [6.45, 7) is 0. The van der Waals surface area contributed by atoms with Gasteiger partial charge in [0.2, 0.25) is 0 Å². The van der Waals surface area contributed by atoms with Crippen LogP contribution in [0.3, 0.4) is 0 Å². The number of aromatic nitrogens is 2. The second-order valence-electron chi connectivity index (χ2n) is 7.16. The fourth-order valence-corrected chi connectivity index (χ4v) is 3.42. The first-order valence-corrected chi connectivity index (χ1v) is 10.8. The third-order valence-corrected chi connectivity index (χ3v) is 5.13. The Morgan fingerprint density at radius 2 is 1.44 bits per heavy atom. The minimum absolute atomic E-state index is 0.278. The highest BCUT2D eigenvalue weighted by Gasteiger charge is 2.30. The summed E-state index contributed by atoms with van der Waals surface area (Å²) in [7, 11) is 0. The smallest absolute Gasteiger partial charge is 0.340 e. The molecule has 0 spiro atoms. The lowest BCUT2D eigenvalue weighted by Gasteiger charge is -2.12. The molecule has 3 N–H and O–H groups in total. The predicted octanol–water partition coefficient (Wildman–Crippen LogP) is 7.37. The summed E-state index contributed by atoms with van der Waals surface area (Å²) >= 11 is 11.2. The summed E-state index contributed by atoms with van der Waals surface area (Å²) in [6.07, 6.45) is -3.07. The third kappa shape index (κ3) is 6.21. The van der Waals surface area contributed by atoms with Gasteiger partial charge in [0.15, 0.2) is 5.11 Å². The Labute approximate surface area is 204 Å². The van der Waals surface area contributed by atoms with E-state index in [-0.39, 0.29) is 5.69 Å². The van der Waals surface area contributed by atoms with Crippen molar-refractivity contribution < 1.29 is 13.2 Å². The first-order chi connectivity index (χ1) is 16.3. The maximum Gasteiger partial charge on any atom is 0.416 e. The number of halogens is 4. The maximum absolute atomic E-state index is 13.0. The lowest BCUT2D eigenvalue weighted by Crippen LogP contribution is -2.18. The summed E-state index contributed by atoms with van der Waals surface area (Å²) in [4.78, 5) is 8.37. The molecule has 5 nitrogen and oxygen atoms in total. The van der Waals surface area contributed by atoms with E-state index in [0.29, 0.717) is 21.6 Å². The number of rotatable bonds is 5. The largest absolute Gasteiger partial charge is 0.416 e. The van der Waals surface area contributed by atoms with Gasteiger partial charge < -0.3 is 16.0 Å². The highest BCUT2D eigenvalue weighted by molar-refractivity contribution is 7.80. The Bertz CT molecular complexity index is 1300. The van der Waals surface area contributed by atoms with Gasteiger partial charge in [-0.1, -0.05) is 29.8 Å². The fraction of sp³-hybridized carbons (Fsp3) is 0.0417. The summed E-state index contributed by atoms with van der Waals surface area (Å²) in [5, 5.41) is 10.1. The van der Waals surface area contributed by atoms with Crippen LogP contribution in [0.2, 0.25) is 5.02 Å². The monoisotopic (exact) mass is 499 g/mol. The van der Waals surface area contributed by atoms with Crippen LogP contribution in [0.25, 0.3) is 11.3 Å². The Kier molecular flexibility index (Phi) is 6.95. The number of hydrogen-bond acceptors (Lipinski definition) is 4. The van der Waals surface area contributed by atoms with Crippen molar-refractivity contribution in [3.05, 3.63) is 95.8 Å². The van der Waals surface area contributed by atoms with E-state index in [1.165, 1.54) is 12.4 Å². The predicted molar refractivity (Wildman–Crippen MR) is 133 cm³/mol. The topological polar surface area (TPSA) is 61.9 Å². The molecule has 0 atom stereocenters. The van der Waals surface area contributed by atoms with Crippen molar-refractivity contribution >= 4 is 51.8 Å². The van der Waals surface area contributed by atoms with Gasteiger partial charge in [0.25, 0.3) is 0 Å². The normalized spacial score (nSPS) is 11.1. The van der Waals surface area contributed by atoms with Gasteiger partial charge in [0.05, 0.1) is 11.3 Å². The second kappa shape index (κ2) is 10.1. The third-order valence-electron chi connectivity index (χ3n) is 4.67. The molecule has 0 aliphatic carbocycles. The van der Waals surface area contributed by atoms with Crippen molar-refractivity contribution in [1.82, 2.24) is 9.97 Å². The summed E-state index contributed by atoms with van der Waals surface area (Å²) in [5.41, 5.74) is 2.53. The lowest BCUT2D eigenvalue weighted by atomic mass is 10.1. The number of nitrogens with zero attached hydrogens (tertiary/aromatic N) is 2. The molecule has 172 valence electrons. The molecule has 4 aromatic rings. The Balaban J connectivity index is 1.42. The van der Waals surface area contributed by atoms with Crippen LogP contribution in [0.1, 0.15) is 5.56 Å². The molecular formula is C24H17ClF3N5S. The molecule has 0 saturated carbocycles. The molecular weight excluding hydrogens is 483 g/mol. The Hall–Kier alpha value is -3.69. The number of alkyl halides is 3. The van der Waals surface area contributed by atoms with Gasteiger partial charge in [0, 0.05) is 33.7 Å². The van der Waals surface area contributed by atoms with E-state index in [1.54, 1.807) is 24.3 Å². The minimum atomic E-state index is -4.42. The summed E-state index contributed by atoms with van der Waals surface area (Å²) in [5.74, 6) is 0.375. The van der Waals surface area contributed by atoms with Crippen molar-refractivity contribution in [3.63, 3.8) is 0 Å². The molecule has 0 amide bonds. The zero-order valence-electron chi connectivity index (χ0n) is 17.4. The van der Waals surface area contributed by atoms with E-state index >= 15 is 0 Å². The van der Waals surface area contributed by atoms with Crippen LogP contribution in [0.15, 0.2) is 85.2 Å². The van der Waals surface area contributed by atoms with E-state index in [4.69, 9.17) is 23.8 Å². The Morgan fingerprint density at radius 3 is 2.09 bits per heavy atom. The zero-order valence-corrected chi connectivity index (χ0v) is 19.0. The van der Waals surface area contributed by atoms with Crippen LogP contribution >= 0.6 is 23.8 Å². The van der Waals surface area contributed by atoms with Gasteiger partial charge in [-0.15, -0.1) is 0 Å². The molecule has 0 radical (unpaired) electrons. The first-order valence-electron chi connectivity index (χ1n) is 9.97. The van der Waals surface area contributed by atoms with Crippen molar-refractivity contribution in [2.24, 2.45) is 0 Å². The Morgan fingerprint density at radius 1 is 0.794 bits per heavy atom. The van der Waals surface area contributed by atoms with Gasteiger partial charge in [0.1, 0.15) is 12.1 Å².